The van der Waals surface area contributed by atoms with E-state index in [4.69, 9.17) is 4.74 Å². The van der Waals surface area contributed by atoms with Gasteiger partial charge in [-0.2, -0.15) is 0 Å². The van der Waals surface area contributed by atoms with Gasteiger partial charge in [-0.15, -0.1) is 0 Å². The monoisotopic (exact) mass is 496 g/mol. The van der Waals surface area contributed by atoms with Crippen molar-refractivity contribution < 1.29 is 23.8 Å². The molecule has 0 unspecified atom stereocenters. The van der Waals surface area contributed by atoms with Crippen molar-refractivity contribution in [2.45, 2.75) is 6.54 Å². The summed E-state index contributed by atoms with van der Waals surface area (Å²) in [7, 11) is 1.68. The molecule has 2 saturated heterocycles. The number of amides is 3. The van der Waals surface area contributed by atoms with Gasteiger partial charge in [-0.05, 0) is 23.8 Å². The zero-order chi connectivity index (χ0) is 25.4. The number of rotatable bonds is 5. The van der Waals surface area contributed by atoms with Crippen LogP contribution in [-0.4, -0.2) is 77.8 Å². The molecule has 36 heavy (non-hydrogen) atoms. The van der Waals surface area contributed by atoms with Crippen molar-refractivity contribution in [3.8, 4) is 5.75 Å². The zero-order valence-corrected chi connectivity index (χ0v) is 19.6. The highest BCUT2D eigenvalue weighted by atomic mass is 19.1. The van der Waals surface area contributed by atoms with Gasteiger partial charge in [0.15, 0.2) is 11.3 Å². The smallest absolute Gasteiger partial charge is 0.324 e. The minimum absolute atomic E-state index is 0.0395. The van der Waals surface area contributed by atoms with Crippen LogP contribution in [0.5, 0.6) is 5.75 Å². The number of nitrogens with zero attached hydrogens (tertiary/aromatic N) is 5. The van der Waals surface area contributed by atoms with Crippen LogP contribution in [0.15, 0.2) is 41.3 Å². The highest BCUT2D eigenvalue weighted by Gasteiger charge is 2.31. The first-order chi connectivity index (χ1) is 17.3. The van der Waals surface area contributed by atoms with Gasteiger partial charge in [0, 0.05) is 46.0 Å². The van der Waals surface area contributed by atoms with Crippen molar-refractivity contribution in [2.24, 2.45) is 0 Å². The molecule has 0 spiro atoms. The Bertz CT molecular complexity index is 1390. The minimum atomic E-state index is -0.830. The number of anilines is 2. The third-order valence-electron chi connectivity index (χ3n) is 6.33. The fourth-order valence-electron chi connectivity index (χ4n) is 4.29. The zero-order valence-electron chi connectivity index (χ0n) is 19.6. The summed E-state index contributed by atoms with van der Waals surface area (Å²) in [6.07, 6.45) is 1.55. The Labute approximate surface area is 205 Å². The lowest BCUT2D eigenvalue weighted by Gasteiger charge is -2.30. The maximum atomic E-state index is 13.2. The molecular formula is C24H25FN6O5. The number of morpholine rings is 1. The topological polar surface area (TPSA) is 120 Å². The number of urea groups is 1. The molecule has 0 aliphatic carbocycles. The molecule has 11 nitrogen and oxygen atoms in total. The van der Waals surface area contributed by atoms with Gasteiger partial charge < -0.3 is 25.0 Å². The van der Waals surface area contributed by atoms with Gasteiger partial charge in [-0.1, -0.05) is 12.1 Å². The van der Waals surface area contributed by atoms with Crippen LogP contribution in [0.25, 0.3) is 5.65 Å². The number of halogens is 1. The summed E-state index contributed by atoms with van der Waals surface area (Å²) in [6, 6.07) is 7.06. The SMILES string of the molecule is CN1CCN(c2cc(N3CCOCC3)cn3c(=O)c(O)c(C(=O)NCc4ccc(F)cc4)nc23)C1=O. The fraction of sp³-hybridized carbons (Fsp3) is 0.333. The summed E-state index contributed by atoms with van der Waals surface area (Å²) in [4.78, 5) is 48.4. The lowest BCUT2D eigenvalue weighted by molar-refractivity contribution is 0.0942. The van der Waals surface area contributed by atoms with Gasteiger partial charge in [0.2, 0.25) is 5.75 Å². The van der Waals surface area contributed by atoms with Gasteiger partial charge in [-0.3, -0.25) is 18.9 Å². The molecule has 0 bridgehead atoms. The molecular weight excluding hydrogens is 471 g/mol. The maximum Gasteiger partial charge on any atom is 0.324 e. The van der Waals surface area contributed by atoms with E-state index in [9.17, 15) is 23.9 Å². The minimum Gasteiger partial charge on any atom is -0.501 e. The second-order valence-electron chi connectivity index (χ2n) is 8.66. The summed E-state index contributed by atoms with van der Waals surface area (Å²) < 4.78 is 19.7. The summed E-state index contributed by atoms with van der Waals surface area (Å²) in [5.41, 5.74) is 0.442. The van der Waals surface area contributed by atoms with Crippen LogP contribution in [0.1, 0.15) is 16.1 Å². The molecule has 3 amide bonds. The Morgan fingerprint density at radius 1 is 1.14 bits per heavy atom. The Balaban J connectivity index is 1.57. The molecule has 0 saturated carbocycles. The number of hydrogen-bond donors (Lipinski definition) is 2. The number of carbonyl (C=O) groups is 2. The van der Waals surface area contributed by atoms with E-state index in [0.717, 1.165) is 4.40 Å². The van der Waals surface area contributed by atoms with Crippen molar-refractivity contribution in [1.82, 2.24) is 19.6 Å². The van der Waals surface area contributed by atoms with Crippen LogP contribution < -0.4 is 20.7 Å². The van der Waals surface area contributed by atoms with E-state index in [1.54, 1.807) is 24.2 Å². The number of ether oxygens (including phenoxy) is 1. The van der Waals surface area contributed by atoms with Gasteiger partial charge in [0.25, 0.3) is 5.91 Å². The van der Waals surface area contributed by atoms with E-state index in [2.05, 4.69) is 10.3 Å². The molecule has 188 valence electrons. The summed E-state index contributed by atoms with van der Waals surface area (Å²) in [5, 5.41) is 13.2. The number of benzene rings is 1. The molecule has 12 heteroatoms. The number of pyridine rings is 1. The fourth-order valence-corrected chi connectivity index (χ4v) is 4.29. The van der Waals surface area contributed by atoms with E-state index in [1.165, 1.54) is 29.2 Å². The normalized spacial score (nSPS) is 16.2. The largest absolute Gasteiger partial charge is 0.501 e. The maximum absolute atomic E-state index is 13.2. The molecule has 3 aromatic rings. The molecule has 0 atom stereocenters. The average Bonchev–Trinajstić information content (AvgIpc) is 3.23. The Hall–Kier alpha value is -4.19. The van der Waals surface area contributed by atoms with Gasteiger partial charge in [0.05, 0.1) is 24.6 Å². The van der Waals surface area contributed by atoms with Crippen molar-refractivity contribution >= 4 is 29.0 Å². The predicted octanol–water partition coefficient (Wildman–Crippen LogP) is 1.18. The second kappa shape index (κ2) is 9.46. The lowest BCUT2D eigenvalue weighted by atomic mass is 10.2. The molecule has 2 fully saturated rings. The Kier molecular flexibility index (Phi) is 6.18. The first-order valence-corrected chi connectivity index (χ1v) is 11.5. The second-order valence-corrected chi connectivity index (χ2v) is 8.66. The number of aromatic hydroxyl groups is 1. The first-order valence-electron chi connectivity index (χ1n) is 11.5. The molecule has 2 aliphatic rings. The molecule has 0 radical (unpaired) electrons. The number of hydrogen-bond acceptors (Lipinski definition) is 7. The van der Waals surface area contributed by atoms with E-state index in [-0.39, 0.29) is 18.2 Å². The average molecular weight is 496 g/mol. The molecule has 2 N–H and O–H groups in total. The van der Waals surface area contributed by atoms with E-state index >= 15 is 0 Å². The molecule has 5 rings (SSSR count). The van der Waals surface area contributed by atoms with Gasteiger partial charge in [0.1, 0.15) is 5.82 Å². The highest BCUT2D eigenvalue weighted by Crippen LogP contribution is 2.30. The van der Waals surface area contributed by atoms with Crippen LogP contribution in [0.4, 0.5) is 20.6 Å². The number of likely N-dealkylation sites (N-methyl/N-ethyl adjacent to an activating group) is 1. The van der Waals surface area contributed by atoms with Crippen molar-refractivity contribution in [3.63, 3.8) is 0 Å². The first kappa shape index (κ1) is 23.5. The van der Waals surface area contributed by atoms with E-state index < -0.39 is 28.7 Å². The van der Waals surface area contributed by atoms with Gasteiger partial charge >= 0.3 is 11.6 Å². The molecule has 2 aliphatic heterocycles. The van der Waals surface area contributed by atoms with Crippen LogP contribution in [0, 0.1) is 5.82 Å². The van der Waals surface area contributed by atoms with E-state index in [0.29, 0.717) is 56.3 Å². The Morgan fingerprint density at radius 2 is 1.86 bits per heavy atom. The van der Waals surface area contributed by atoms with Crippen LogP contribution in [0.2, 0.25) is 0 Å². The highest BCUT2D eigenvalue weighted by molar-refractivity contribution is 6.00. The van der Waals surface area contributed by atoms with Crippen molar-refractivity contribution in [2.75, 3.05) is 56.2 Å². The van der Waals surface area contributed by atoms with Crippen molar-refractivity contribution in [1.29, 1.82) is 0 Å². The molecule has 4 heterocycles. The molecule has 2 aromatic heterocycles. The molecule has 1 aromatic carbocycles. The number of aromatic nitrogens is 2. The summed E-state index contributed by atoms with van der Waals surface area (Å²) in [6.45, 7) is 3.13. The summed E-state index contributed by atoms with van der Waals surface area (Å²) in [5.74, 6) is -1.98. The Morgan fingerprint density at radius 3 is 2.53 bits per heavy atom. The number of fused-ring (bicyclic) bond motifs is 1. The summed E-state index contributed by atoms with van der Waals surface area (Å²) >= 11 is 0. The van der Waals surface area contributed by atoms with Crippen LogP contribution in [0.3, 0.4) is 0 Å². The standard InChI is InChI=1S/C24H25FN6O5/c1-28-6-7-30(24(28)35)18-12-17(29-8-10-36-11-9-29)14-31-21(18)27-19(20(32)23(31)34)22(33)26-13-15-2-4-16(25)5-3-15/h2-5,12,14,32H,6-11,13H2,1H3,(H,26,33). The third-order valence-corrected chi connectivity index (χ3v) is 6.33. The third kappa shape index (κ3) is 4.31. The number of nitrogens with one attached hydrogen (secondary N) is 1. The predicted molar refractivity (Wildman–Crippen MR) is 129 cm³/mol. The number of carbonyl (C=O) groups excluding carboxylic acids is 2. The van der Waals surface area contributed by atoms with E-state index in [1.807, 2.05) is 4.90 Å². The quantitative estimate of drug-likeness (QED) is 0.544. The van der Waals surface area contributed by atoms with Crippen LogP contribution >= 0.6 is 0 Å². The van der Waals surface area contributed by atoms with Crippen molar-refractivity contribution in [3.05, 3.63) is 64.0 Å². The van der Waals surface area contributed by atoms with Gasteiger partial charge in [-0.25, -0.2) is 14.2 Å². The van der Waals surface area contributed by atoms with Crippen LogP contribution in [-0.2, 0) is 11.3 Å². The lowest BCUT2D eigenvalue weighted by Crippen LogP contribution is -2.37.